The number of nitrogens with zero attached hydrogens (tertiary/aromatic N) is 1. The molecule has 1 heterocycles. The summed E-state index contributed by atoms with van der Waals surface area (Å²) >= 11 is 18.0. The lowest BCUT2D eigenvalue weighted by molar-refractivity contribution is 0.277. The lowest BCUT2D eigenvalue weighted by atomic mass is 10.1. The molecule has 0 radical (unpaired) electrons. The zero-order chi connectivity index (χ0) is 12.4. The maximum absolute atomic E-state index is 9.03. The fraction of sp³-hybridized carbons (Fsp3) is 0.0833. The molecule has 17 heavy (non-hydrogen) atoms. The van der Waals surface area contributed by atoms with E-state index in [-0.39, 0.29) is 6.61 Å². The van der Waals surface area contributed by atoms with E-state index in [0.29, 0.717) is 20.8 Å². The number of hydrogen-bond donors (Lipinski definition) is 1. The van der Waals surface area contributed by atoms with Crippen LogP contribution in [0.4, 0.5) is 0 Å². The Hall–Kier alpha value is -0.800. The normalized spacial score (nSPS) is 10.6. The number of benzene rings is 1. The van der Waals surface area contributed by atoms with E-state index in [1.807, 2.05) is 0 Å². The van der Waals surface area contributed by atoms with Crippen molar-refractivity contribution in [3.8, 4) is 11.1 Å². The smallest absolute Gasteiger partial charge is 0.0853 e. The zero-order valence-corrected chi connectivity index (χ0v) is 10.9. The highest BCUT2D eigenvalue weighted by atomic mass is 35.5. The summed E-state index contributed by atoms with van der Waals surface area (Å²) in [6.07, 6.45) is 1.61. The predicted molar refractivity (Wildman–Crippen MR) is 70.6 cm³/mol. The molecule has 0 aliphatic rings. The van der Waals surface area contributed by atoms with Gasteiger partial charge in [-0.2, -0.15) is 0 Å². The quantitative estimate of drug-likeness (QED) is 0.840. The van der Waals surface area contributed by atoms with Crippen LogP contribution in [0, 0.1) is 0 Å². The van der Waals surface area contributed by atoms with E-state index in [1.54, 1.807) is 30.5 Å². The Balaban J connectivity index is 2.56. The number of hydrogen-bond acceptors (Lipinski definition) is 2. The molecule has 0 atom stereocenters. The van der Waals surface area contributed by atoms with Crippen LogP contribution in [-0.2, 0) is 6.61 Å². The van der Waals surface area contributed by atoms with Crippen molar-refractivity contribution in [2.24, 2.45) is 0 Å². The summed E-state index contributed by atoms with van der Waals surface area (Å²) in [5.74, 6) is 0. The van der Waals surface area contributed by atoms with Gasteiger partial charge in [-0.15, -0.1) is 0 Å². The minimum absolute atomic E-state index is 0.118. The maximum Gasteiger partial charge on any atom is 0.0853 e. The monoisotopic (exact) mass is 287 g/mol. The van der Waals surface area contributed by atoms with Gasteiger partial charge in [-0.1, -0.05) is 40.9 Å². The summed E-state index contributed by atoms with van der Waals surface area (Å²) in [7, 11) is 0. The first kappa shape index (κ1) is 12.7. The number of aliphatic hydroxyl groups excluding tert-OH is 1. The Morgan fingerprint density at radius 3 is 2.53 bits per heavy atom. The average Bonchev–Trinajstić information content (AvgIpc) is 2.36. The minimum Gasteiger partial charge on any atom is -0.390 e. The highest BCUT2D eigenvalue weighted by Crippen LogP contribution is 2.37. The van der Waals surface area contributed by atoms with Crippen LogP contribution in [0.3, 0.4) is 0 Å². The van der Waals surface area contributed by atoms with Gasteiger partial charge in [0.15, 0.2) is 0 Å². The molecule has 0 spiro atoms. The molecule has 0 amide bonds. The van der Waals surface area contributed by atoms with Gasteiger partial charge in [-0.05, 0) is 23.8 Å². The van der Waals surface area contributed by atoms with Crippen LogP contribution in [0.1, 0.15) is 5.69 Å². The van der Waals surface area contributed by atoms with E-state index in [0.717, 1.165) is 11.1 Å². The summed E-state index contributed by atoms with van der Waals surface area (Å²) < 4.78 is 0. The van der Waals surface area contributed by atoms with Crippen molar-refractivity contribution < 1.29 is 5.11 Å². The molecule has 0 saturated carbocycles. The van der Waals surface area contributed by atoms with E-state index in [2.05, 4.69) is 4.98 Å². The maximum atomic E-state index is 9.03. The largest absolute Gasteiger partial charge is 0.390 e. The van der Waals surface area contributed by atoms with Crippen LogP contribution < -0.4 is 0 Å². The molecule has 5 heteroatoms. The lowest BCUT2D eigenvalue weighted by Gasteiger charge is -2.08. The molecule has 0 bridgehead atoms. The Labute approximate surface area is 114 Å². The van der Waals surface area contributed by atoms with E-state index in [4.69, 9.17) is 39.9 Å². The van der Waals surface area contributed by atoms with Crippen molar-refractivity contribution in [3.05, 3.63) is 51.2 Å². The Bertz CT molecular complexity index is 557. The van der Waals surface area contributed by atoms with Crippen LogP contribution in [0.2, 0.25) is 15.1 Å². The van der Waals surface area contributed by atoms with E-state index < -0.39 is 0 Å². The van der Waals surface area contributed by atoms with Gasteiger partial charge >= 0.3 is 0 Å². The third-order valence-corrected chi connectivity index (χ3v) is 3.62. The van der Waals surface area contributed by atoms with Crippen LogP contribution >= 0.6 is 34.8 Å². The van der Waals surface area contributed by atoms with Gasteiger partial charge in [-0.3, -0.25) is 4.98 Å². The van der Waals surface area contributed by atoms with Gasteiger partial charge in [0.1, 0.15) is 0 Å². The molecule has 2 aromatic rings. The van der Waals surface area contributed by atoms with Gasteiger partial charge < -0.3 is 5.11 Å². The summed E-state index contributed by atoms with van der Waals surface area (Å²) in [6.45, 7) is -0.118. The second-order valence-corrected chi connectivity index (χ2v) is 4.58. The predicted octanol–water partition coefficient (Wildman–Crippen LogP) is 4.20. The molecular weight excluding hydrogens is 280 g/mol. The molecule has 1 aromatic carbocycles. The Kier molecular flexibility index (Phi) is 3.89. The lowest BCUT2D eigenvalue weighted by Crippen LogP contribution is -1.90. The fourth-order valence-corrected chi connectivity index (χ4v) is 2.13. The topological polar surface area (TPSA) is 33.1 Å². The van der Waals surface area contributed by atoms with E-state index in [1.165, 1.54) is 0 Å². The fourth-order valence-electron chi connectivity index (χ4n) is 1.48. The number of halogens is 3. The van der Waals surface area contributed by atoms with Crippen LogP contribution in [0.5, 0.6) is 0 Å². The second-order valence-electron chi connectivity index (χ2n) is 3.42. The molecule has 0 fully saturated rings. The third kappa shape index (κ3) is 2.55. The van der Waals surface area contributed by atoms with Crippen molar-refractivity contribution in [3.63, 3.8) is 0 Å². The van der Waals surface area contributed by atoms with Crippen molar-refractivity contribution in [2.75, 3.05) is 0 Å². The molecule has 2 rings (SSSR count). The van der Waals surface area contributed by atoms with Gasteiger partial charge in [0.25, 0.3) is 0 Å². The summed E-state index contributed by atoms with van der Waals surface area (Å²) in [5, 5.41) is 10.2. The Morgan fingerprint density at radius 2 is 1.82 bits per heavy atom. The molecular formula is C12H8Cl3NO. The average molecular weight is 289 g/mol. The number of pyridine rings is 1. The van der Waals surface area contributed by atoms with Crippen molar-refractivity contribution in [1.82, 2.24) is 4.98 Å². The Morgan fingerprint density at radius 1 is 1.06 bits per heavy atom. The van der Waals surface area contributed by atoms with Gasteiger partial charge in [0.05, 0.1) is 27.4 Å². The van der Waals surface area contributed by atoms with Crippen molar-refractivity contribution >= 4 is 34.8 Å². The number of aliphatic hydroxyl groups is 1. The van der Waals surface area contributed by atoms with Gasteiger partial charge in [0, 0.05) is 11.8 Å². The highest BCUT2D eigenvalue weighted by molar-refractivity contribution is 6.49. The minimum atomic E-state index is -0.118. The molecule has 88 valence electrons. The summed E-state index contributed by atoms with van der Waals surface area (Å²) in [4.78, 5) is 4.00. The molecule has 1 N–H and O–H groups in total. The van der Waals surface area contributed by atoms with Crippen LogP contribution in [0.25, 0.3) is 11.1 Å². The number of aromatic nitrogens is 1. The first-order valence-corrected chi connectivity index (χ1v) is 5.96. The molecule has 0 unspecified atom stereocenters. The van der Waals surface area contributed by atoms with E-state index >= 15 is 0 Å². The molecule has 0 aliphatic heterocycles. The molecule has 2 nitrogen and oxygen atoms in total. The molecule has 0 saturated heterocycles. The number of rotatable bonds is 2. The van der Waals surface area contributed by atoms with Gasteiger partial charge in [0.2, 0.25) is 0 Å². The van der Waals surface area contributed by atoms with Crippen LogP contribution in [0.15, 0.2) is 30.5 Å². The van der Waals surface area contributed by atoms with E-state index in [9.17, 15) is 0 Å². The van der Waals surface area contributed by atoms with Crippen molar-refractivity contribution in [2.45, 2.75) is 6.61 Å². The highest BCUT2D eigenvalue weighted by Gasteiger charge is 2.10. The van der Waals surface area contributed by atoms with Crippen molar-refractivity contribution in [1.29, 1.82) is 0 Å². The molecule has 0 aliphatic carbocycles. The first-order chi connectivity index (χ1) is 8.13. The zero-order valence-electron chi connectivity index (χ0n) is 8.62. The van der Waals surface area contributed by atoms with Gasteiger partial charge in [-0.25, -0.2) is 0 Å². The second kappa shape index (κ2) is 5.23. The standard InChI is InChI=1S/C12H8Cl3NO/c13-10-2-1-9(11(14)12(10)15)7-3-4-16-8(5-7)6-17/h1-5,17H,6H2. The third-order valence-electron chi connectivity index (χ3n) is 2.32. The summed E-state index contributed by atoms with van der Waals surface area (Å²) in [5.41, 5.74) is 2.18. The first-order valence-electron chi connectivity index (χ1n) is 4.83. The van der Waals surface area contributed by atoms with Crippen LogP contribution in [-0.4, -0.2) is 10.1 Å². The molecule has 1 aromatic heterocycles. The summed E-state index contributed by atoms with van der Waals surface area (Å²) in [6, 6.07) is 7.02. The SMILES string of the molecule is OCc1cc(-c2ccc(Cl)c(Cl)c2Cl)ccn1.